The number of benzene rings is 3. The first-order valence-corrected chi connectivity index (χ1v) is 8.54. The number of aryl methyl sites for hydroxylation is 1. The molecule has 0 heterocycles. The Kier molecular flexibility index (Phi) is 5.50. The summed E-state index contributed by atoms with van der Waals surface area (Å²) >= 11 is 0. The molecule has 3 rings (SSSR count). The second-order valence-corrected chi connectivity index (χ2v) is 6.25. The van der Waals surface area contributed by atoms with Crippen LogP contribution in [0.1, 0.15) is 18.9 Å². The molecule has 0 aliphatic heterocycles. The Morgan fingerprint density at radius 1 is 0.769 bits per heavy atom. The molecule has 5 heteroatoms. The fourth-order valence-electron chi connectivity index (χ4n) is 2.98. The van der Waals surface area contributed by atoms with Crippen molar-refractivity contribution in [2.75, 3.05) is 0 Å². The largest absolute Gasteiger partial charge is 0.491 e. The van der Waals surface area contributed by atoms with Crippen LogP contribution < -0.4 is 5.46 Å². The molecule has 26 heavy (non-hydrogen) atoms. The predicted molar refractivity (Wildman–Crippen MR) is 101 cm³/mol. The van der Waals surface area contributed by atoms with Gasteiger partial charge in [-0.15, -0.1) is 0 Å². The van der Waals surface area contributed by atoms with Crippen LogP contribution in [-0.4, -0.2) is 17.2 Å². The third-order valence-corrected chi connectivity index (χ3v) is 4.38. The quantitative estimate of drug-likeness (QED) is 0.683. The van der Waals surface area contributed by atoms with Crippen LogP contribution in [0.2, 0.25) is 0 Å². The van der Waals surface area contributed by atoms with Gasteiger partial charge in [0.2, 0.25) is 0 Å². The Hall–Kier alpha value is -2.50. The maximum atomic E-state index is 14.6. The molecule has 2 N–H and O–H groups in total. The van der Waals surface area contributed by atoms with E-state index in [1.807, 2.05) is 24.3 Å². The van der Waals surface area contributed by atoms with Gasteiger partial charge >= 0.3 is 7.12 Å². The molecule has 3 aromatic rings. The lowest BCUT2D eigenvalue weighted by Gasteiger charge is -2.09. The minimum atomic E-state index is -1.88. The number of hydrogen-bond donors (Lipinski definition) is 2. The molecule has 0 bridgehead atoms. The molecule has 0 atom stereocenters. The fraction of sp³-hybridized carbons (Fsp3) is 0.143. The molecular weight excluding hydrogens is 333 g/mol. The van der Waals surface area contributed by atoms with E-state index in [9.17, 15) is 8.78 Å². The average Bonchev–Trinajstić information content (AvgIpc) is 2.62. The molecule has 0 fully saturated rings. The van der Waals surface area contributed by atoms with E-state index in [0.29, 0.717) is 16.7 Å². The minimum Gasteiger partial charge on any atom is -0.423 e. The van der Waals surface area contributed by atoms with Gasteiger partial charge in [0.25, 0.3) is 0 Å². The van der Waals surface area contributed by atoms with Crippen LogP contribution in [0, 0.1) is 11.6 Å². The number of hydrogen-bond acceptors (Lipinski definition) is 2. The van der Waals surface area contributed by atoms with Gasteiger partial charge in [-0.3, -0.25) is 0 Å². The second kappa shape index (κ2) is 7.81. The monoisotopic (exact) mass is 352 g/mol. The molecule has 0 amide bonds. The molecule has 0 aliphatic carbocycles. The Bertz CT molecular complexity index is 908. The average molecular weight is 352 g/mol. The van der Waals surface area contributed by atoms with Gasteiger partial charge in [-0.1, -0.05) is 61.9 Å². The Morgan fingerprint density at radius 2 is 1.35 bits per heavy atom. The van der Waals surface area contributed by atoms with E-state index in [4.69, 9.17) is 10.0 Å². The van der Waals surface area contributed by atoms with Crippen LogP contribution in [0.4, 0.5) is 8.78 Å². The summed E-state index contributed by atoms with van der Waals surface area (Å²) in [5, 5.41) is 18.2. The van der Waals surface area contributed by atoms with Gasteiger partial charge in [-0.05, 0) is 40.8 Å². The number of rotatable bonds is 5. The smallest absolute Gasteiger partial charge is 0.423 e. The van der Waals surface area contributed by atoms with Crippen molar-refractivity contribution < 1.29 is 18.8 Å². The first kappa shape index (κ1) is 18.3. The molecule has 0 aliphatic rings. The zero-order chi connectivity index (χ0) is 18.7. The van der Waals surface area contributed by atoms with Gasteiger partial charge in [0.05, 0.1) is 0 Å². The van der Waals surface area contributed by atoms with Crippen molar-refractivity contribution in [3.8, 4) is 22.3 Å². The Morgan fingerprint density at radius 3 is 1.88 bits per heavy atom. The summed E-state index contributed by atoms with van der Waals surface area (Å²) in [6.45, 7) is 2.11. The van der Waals surface area contributed by atoms with Crippen molar-refractivity contribution in [1.82, 2.24) is 0 Å². The summed E-state index contributed by atoms with van der Waals surface area (Å²) in [5.74, 6) is -1.13. The van der Waals surface area contributed by atoms with Gasteiger partial charge in [0.1, 0.15) is 11.6 Å². The topological polar surface area (TPSA) is 40.5 Å². The van der Waals surface area contributed by atoms with Gasteiger partial charge in [0, 0.05) is 11.0 Å². The molecule has 0 radical (unpaired) electrons. The highest BCUT2D eigenvalue weighted by atomic mass is 19.1. The summed E-state index contributed by atoms with van der Waals surface area (Å²) in [7, 11) is -1.88. The van der Waals surface area contributed by atoms with E-state index >= 15 is 0 Å². The first-order chi connectivity index (χ1) is 12.5. The lowest BCUT2D eigenvalue weighted by Crippen LogP contribution is -2.32. The number of halogens is 2. The molecule has 3 aromatic carbocycles. The normalized spacial score (nSPS) is 10.8. The van der Waals surface area contributed by atoms with E-state index < -0.39 is 18.8 Å². The van der Waals surface area contributed by atoms with E-state index in [0.717, 1.165) is 18.4 Å². The highest BCUT2D eigenvalue weighted by Gasteiger charge is 2.17. The first-order valence-electron chi connectivity index (χ1n) is 8.54. The van der Waals surface area contributed by atoms with Gasteiger partial charge in [0.15, 0.2) is 0 Å². The minimum absolute atomic E-state index is 0.210. The van der Waals surface area contributed by atoms with Crippen molar-refractivity contribution in [3.05, 3.63) is 77.9 Å². The Balaban J connectivity index is 1.91. The molecule has 0 aromatic heterocycles. The SMILES string of the molecule is CCCc1ccc(-c2ccc(-c3ccc(B(O)O)c(F)c3)cc2F)cc1. The maximum absolute atomic E-state index is 14.6. The molecule has 0 saturated heterocycles. The lowest BCUT2D eigenvalue weighted by molar-refractivity contribution is 0.423. The van der Waals surface area contributed by atoms with Crippen molar-refractivity contribution in [2.45, 2.75) is 19.8 Å². The van der Waals surface area contributed by atoms with Crippen molar-refractivity contribution in [1.29, 1.82) is 0 Å². The molecule has 132 valence electrons. The molecule has 0 saturated carbocycles. The maximum Gasteiger partial charge on any atom is 0.491 e. The zero-order valence-corrected chi connectivity index (χ0v) is 14.4. The highest BCUT2D eigenvalue weighted by molar-refractivity contribution is 6.58. The van der Waals surface area contributed by atoms with E-state index in [-0.39, 0.29) is 5.46 Å². The van der Waals surface area contributed by atoms with E-state index in [1.54, 1.807) is 12.1 Å². The second-order valence-electron chi connectivity index (χ2n) is 6.25. The van der Waals surface area contributed by atoms with Crippen molar-refractivity contribution >= 4 is 12.6 Å². The Labute approximate surface area is 151 Å². The third-order valence-electron chi connectivity index (χ3n) is 4.38. The van der Waals surface area contributed by atoms with E-state index in [2.05, 4.69) is 6.92 Å². The van der Waals surface area contributed by atoms with Crippen LogP contribution in [0.3, 0.4) is 0 Å². The summed E-state index contributed by atoms with van der Waals surface area (Å²) in [6.07, 6.45) is 2.05. The van der Waals surface area contributed by atoms with Crippen LogP contribution >= 0.6 is 0 Å². The van der Waals surface area contributed by atoms with Gasteiger partial charge in [-0.2, -0.15) is 0 Å². The third kappa shape index (κ3) is 3.84. The van der Waals surface area contributed by atoms with Gasteiger partial charge < -0.3 is 10.0 Å². The van der Waals surface area contributed by atoms with Crippen LogP contribution in [0.25, 0.3) is 22.3 Å². The van der Waals surface area contributed by atoms with Gasteiger partial charge in [-0.25, -0.2) is 8.78 Å². The molecule has 0 spiro atoms. The summed E-state index contributed by atoms with van der Waals surface area (Å²) < 4.78 is 28.5. The highest BCUT2D eigenvalue weighted by Crippen LogP contribution is 2.28. The summed E-state index contributed by atoms with van der Waals surface area (Å²) in [4.78, 5) is 0. The standard InChI is InChI=1S/C21H19BF2O2/c1-2-3-14-4-6-15(7-5-14)18-10-8-16(12-20(18)23)17-9-11-19(22(25)26)21(24)13-17/h4-13,25-26H,2-3H2,1H3. The van der Waals surface area contributed by atoms with E-state index in [1.165, 1.54) is 29.8 Å². The molecule has 0 unspecified atom stereocenters. The van der Waals surface area contributed by atoms with Crippen LogP contribution in [-0.2, 0) is 6.42 Å². The predicted octanol–water partition coefficient (Wildman–Crippen LogP) is 3.93. The lowest BCUT2D eigenvalue weighted by atomic mass is 9.79. The van der Waals surface area contributed by atoms with Crippen LogP contribution in [0.5, 0.6) is 0 Å². The molecule has 2 nitrogen and oxygen atoms in total. The summed E-state index contributed by atoms with van der Waals surface area (Å²) in [6, 6.07) is 16.6. The fourth-order valence-corrected chi connectivity index (χ4v) is 2.98. The van der Waals surface area contributed by atoms with Crippen molar-refractivity contribution in [2.24, 2.45) is 0 Å². The summed E-state index contributed by atoms with van der Waals surface area (Å²) in [5.41, 5.74) is 3.27. The zero-order valence-electron chi connectivity index (χ0n) is 14.4. The van der Waals surface area contributed by atoms with Crippen LogP contribution in [0.15, 0.2) is 60.7 Å². The molecular formula is C21H19BF2O2. The van der Waals surface area contributed by atoms with Crippen molar-refractivity contribution in [3.63, 3.8) is 0 Å².